The highest BCUT2D eigenvalue weighted by Crippen LogP contribution is 2.42. The number of Topliss-reactive ketones (excluding diaryl/α,β-unsaturated/α-hetero) is 1. The van der Waals surface area contributed by atoms with Gasteiger partial charge >= 0.3 is 7.60 Å². The number of nitro benzene ring substituents is 1. The molecule has 0 radical (unpaired) electrons. The van der Waals surface area contributed by atoms with Crippen LogP contribution in [-0.4, -0.2) is 27.6 Å². The summed E-state index contributed by atoms with van der Waals surface area (Å²) in [4.78, 5) is 41.5. The van der Waals surface area contributed by atoms with Crippen LogP contribution in [0.3, 0.4) is 0 Å². The third kappa shape index (κ3) is 4.41. The van der Waals surface area contributed by atoms with Gasteiger partial charge in [0.05, 0.1) is 22.9 Å². The molecule has 3 aromatic rings. The molecule has 160 valence electrons. The molecule has 3 aromatic carbocycles. The van der Waals surface area contributed by atoms with Gasteiger partial charge in [-0.1, -0.05) is 18.2 Å². The number of benzene rings is 3. The van der Waals surface area contributed by atoms with Crippen molar-refractivity contribution in [3.05, 3.63) is 75.8 Å². The molecule has 0 heterocycles. The fourth-order valence-electron chi connectivity index (χ4n) is 3.46. The van der Waals surface area contributed by atoms with E-state index in [0.29, 0.717) is 39.1 Å². The molecule has 0 aromatic heterocycles. The monoisotopic (exact) mass is 441 g/mol. The van der Waals surface area contributed by atoms with E-state index >= 15 is 0 Å². The Balaban J connectivity index is 2.24. The topological polar surface area (TPSA) is 127 Å². The van der Waals surface area contributed by atoms with Crippen LogP contribution in [0.1, 0.15) is 22.8 Å². The van der Waals surface area contributed by atoms with Crippen molar-refractivity contribution >= 4 is 24.4 Å². The van der Waals surface area contributed by atoms with E-state index in [1.165, 1.54) is 44.4 Å². The highest BCUT2D eigenvalue weighted by molar-refractivity contribution is 7.60. The molecular weight excluding hydrogens is 421 g/mol. The summed E-state index contributed by atoms with van der Waals surface area (Å²) in [6, 6.07) is 13.4. The second kappa shape index (κ2) is 8.43. The lowest BCUT2D eigenvalue weighted by Gasteiger charge is -2.16. The molecule has 0 fully saturated rings. The predicted octanol–water partition coefficient (Wildman–Crippen LogP) is 4.25. The third-order valence-corrected chi connectivity index (χ3v) is 6.00. The van der Waals surface area contributed by atoms with Gasteiger partial charge in [-0.25, -0.2) is 0 Å². The first-order valence-electron chi connectivity index (χ1n) is 9.18. The van der Waals surface area contributed by atoms with Crippen LogP contribution in [0.2, 0.25) is 0 Å². The Morgan fingerprint density at radius 1 is 1.03 bits per heavy atom. The number of ether oxygens (including phenoxy) is 1. The number of carbonyl (C=O) groups excluding carboxylic acids is 1. The number of nitro groups is 1. The highest BCUT2D eigenvalue weighted by Gasteiger charge is 2.23. The molecule has 0 aliphatic rings. The van der Waals surface area contributed by atoms with Crippen molar-refractivity contribution in [2.75, 3.05) is 7.11 Å². The van der Waals surface area contributed by atoms with Crippen LogP contribution in [0.15, 0.2) is 54.6 Å². The first-order chi connectivity index (χ1) is 14.5. The largest absolute Gasteiger partial charge is 0.496 e. The van der Waals surface area contributed by atoms with Crippen molar-refractivity contribution in [1.82, 2.24) is 0 Å². The number of rotatable bonds is 6. The Bertz CT molecular complexity index is 1230. The maximum Gasteiger partial charge on any atom is 0.356 e. The molecule has 0 atom stereocenters. The number of hydrogen-bond acceptors (Lipinski definition) is 5. The summed E-state index contributed by atoms with van der Waals surface area (Å²) in [5.41, 5.74) is 3.05. The van der Waals surface area contributed by atoms with Gasteiger partial charge in [0.15, 0.2) is 5.78 Å². The number of ketones is 1. The van der Waals surface area contributed by atoms with Crippen LogP contribution in [0, 0.1) is 17.0 Å². The Morgan fingerprint density at radius 3 is 2.16 bits per heavy atom. The molecule has 0 aliphatic heterocycles. The quantitative estimate of drug-likeness (QED) is 0.253. The minimum atomic E-state index is -4.43. The second-order valence-corrected chi connectivity index (χ2v) is 8.56. The third-order valence-electron chi connectivity index (χ3n) is 5.03. The Hall–Kier alpha value is -3.32. The summed E-state index contributed by atoms with van der Waals surface area (Å²) in [6.45, 7) is 3.18. The molecule has 9 heteroatoms. The molecule has 0 spiro atoms. The van der Waals surface area contributed by atoms with Gasteiger partial charge in [0, 0.05) is 17.2 Å². The Morgan fingerprint density at radius 2 is 1.65 bits per heavy atom. The Labute approximate surface area is 178 Å². The molecule has 0 saturated carbocycles. The number of carbonyl (C=O) groups is 1. The summed E-state index contributed by atoms with van der Waals surface area (Å²) in [7, 11) is -2.95. The van der Waals surface area contributed by atoms with E-state index in [1.807, 2.05) is 0 Å². The van der Waals surface area contributed by atoms with Crippen molar-refractivity contribution in [3.8, 4) is 28.0 Å². The van der Waals surface area contributed by atoms with Crippen molar-refractivity contribution in [2.45, 2.75) is 13.8 Å². The number of nitrogens with zero attached hydrogens (tertiary/aromatic N) is 1. The van der Waals surface area contributed by atoms with E-state index in [-0.39, 0.29) is 16.8 Å². The van der Waals surface area contributed by atoms with Gasteiger partial charge in [0.2, 0.25) is 0 Å². The molecular formula is C22H20NO7P. The number of hydrogen-bond donors (Lipinski definition) is 2. The smallest absolute Gasteiger partial charge is 0.356 e. The van der Waals surface area contributed by atoms with Crippen molar-refractivity contribution in [2.24, 2.45) is 0 Å². The summed E-state index contributed by atoms with van der Waals surface area (Å²) in [6.07, 6.45) is 0. The van der Waals surface area contributed by atoms with Crippen molar-refractivity contribution in [3.63, 3.8) is 0 Å². The average molecular weight is 441 g/mol. The van der Waals surface area contributed by atoms with E-state index < -0.39 is 12.5 Å². The lowest BCUT2D eigenvalue weighted by atomic mass is 9.90. The standard InChI is InChI=1S/C22H20NO7P/c1-13-18(19-9-6-16(14(2)24)12-21(19)30-3)10-11-20(23(25)26)22(13)15-4-7-17(8-5-15)31(27,28)29/h4-12H,1-3H3,(H2,27,28,29). The fraction of sp³-hybridized carbons (Fsp3) is 0.136. The maximum absolute atomic E-state index is 11.7. The van der Waals surface area contributed by atoms with Gasteiger partial charge < -0.3 is 14.5 Å². The molecule has 0 amide bonds. The lowest BCUT2D eigenvalue weighted by molar-refractivity contribution is -0.384. The zero-order valence-electron chi connectivity index (χ0n) is 17.0. The Kier molecular flexibility index (Phi) is 6.08. The van der Waals surface area contributed by atoms with E-state index in [0.717, 1.165) is 0 Å². The summed E-state index contributed by atoms with van der Waals surface area (Å²) in [5.74, 6) is 0.337. The summed E-state index contributed by atoms with van der Waals surface area (Å²) < 4.78 is 16.9. The van der Waals surface area contributed by atoms with E-state index in [4.69, 9.17) is 4.74 Å². The fourth-order valence-corrected chi connectivity index (χ4v) is 4.00. The van der Waals surface area contributed by atoms with Gasteiger partial charge in [-0.05, 0) is 60.9 Å². The molecule has 8 nitrogen and oxygen atoms in total. The van der Waals surface area contributed by atoms with Crippen LogP contribution >= 0.6 is 7.60 Å². The SMILES string of the molecule is COc1cc(C(C)=O)ccc1-c1ccc([N+](=O)[O-])c(-c2ccc(P(=O)(O)O)cc2)c1C. The van der Waals surface area contributed by atoms with Crippen LogP contribution in [0.4, 0.5) is 5.69 Å². The lowest BCUT2D eigenvalue weighted by Crippen LogP contribution is -2.03. The van der Waals surface area contributed by atoms with E-state index in [9.17, 15) is 29.3 Å². The molecule has 31 heavy (non-hydrogen) atoms. The highest BCUT2D eigenvalue weighted by atomic mass is 31.2. The maximum atomic E-state index is 11.7. The molecule has 0 bridgehead atoms. The van der Waals surface area contributed by atoms with Crippen LogP contribution in [0.25, 0.3) is 22.3 Å². The average Bonchev–Trinajstić information content (AvgIpc) is 2.72. The van der Waals surface area contributed by atoms with Gasteiger partial charge in [-0.2, -0.15) is 0 Å². The molecule has 3 rings (SSSR count). The summed E-state index contributed by atoms with van der Waals surface area (Å²) in [5, 5.41) is 11.5. The van der Waals surface area contributed by atoms with Crippen LogP contribution in [0.5, 0.6) is 5.75 Å². The zero-order chi connectivity index (χ0) is 22.9. The van der Waals surface area contributed by atoms with E-state index in [1.54, 1.807) is 31.2 Å². The van der Waals surface area contributed by atoms with Crippen LogP contribution in [-0.2, 0) is 4.57 Å². The molecule has 0 aliphatic carbocycles. The predicted molar refractivity (Wildman–Crippen MR) is 117 cm³/mol. The van der Waals surface area contributed by atoms with Gasteiger partial charge in [0.25, 0.3) is 5.69 Å². The molecule has 0 unspecified atom stereocenters. The molecule has 2 N–H and O–H groups in total. The first kappa shape index (κ1) is 22.4. The number of methoxy groups -OCH3 is 1. The minimum absolute atomic E-state index is 0.115. The minimum Gasteiger partial charge on any atom is -0.496 e. The van der Waals surface area contributed by atoms with Gasteiger partial charge in [0.1, 0.15) is 5.75 Å². The van der Waals surface area contributed by atoms with Crippen molar-refractivity contribution in [1.29, 1.82) is 0 Å². The van der Waals surface area contributed by atoms with Gasteiger partial charge in [-0.15, -0.1) is 0 Å². The normalized spacial score (nSPS) is 11.3. The second-order valence-electron chi connectivity index (χ2n) is 6.95. The zero-order valence-corrected chi connectivity index (χ0v) is 17.9. The van der Waals surface area contributed by atoms with Gasteiger partial charge in [-0.3, -0.25) is 19.5 Å². The first-order valence-corrected chi connectivity index (χ1v) is 10.8. The summed E-state index contributed by atoms with van der Waals surface area (Å²) >= 11 is 0. The van der Waals surface area contributed by atoms with Crippen molar-refractivity contribution < 1.29 is 28.8 Å². The van der Waals surface area contributed by atoms with E-state index in [2.05, 4.69) is 0 Å². The van der Waals surface area contributed by atoms with Crippen LogP contribution < -0.4 is 10.0 Å². The molecule has 0 saturated heterocycles.